The van der Waals surface area contributed by atoms with Crippen molar-refractivity contribution in [2.24, 2.45) is 0 Å². The number of hydrogen-bond donors (Lipinski definition) is 2. The molecule has 0 aliphatic heterocycles. The molecule has 2 N–H and O–H groups in total. The monoisotopic (exact) mass is 231 g/mol. The lowest BCUT2D eigenvalue weighted by Gasteiger charge is -2.02. The molecule has 1 rings (SSSR count). The summed E-state index contributed by atoms with van der Waals surface area (Å²) in [5.41, 5.74) is 0.468. The molecule has 6 heteroatoms. The van der Waals surface area contributed by atoms with Gasteiger partial charge in [-0.15, -0.1) is 0 Å². The largest absolute Gasteiger partial charge is 0.477 e. The molecule has 0 aromatic carbocycles. The Morgan fingerprint density at radius 2 is 2.24 bits per heavy atom. The van der Waals surface area contributed by atoms with Crippen LogP contribution >= 0.6 is 0 Å². The predicted octanol–water partition coefficient (Wildman–Crippen LogP) is 0.515. The maximum atomic E-state index is 10.8. The summed E-state index contributed by atoms with van der Waals surface area (Å²) in [6.45, 7) is 1.21. The van der Waals surface area contributed by atoms with Crippen LogP contribution in [-0.2, 0) is 9.59 Å². The minimum atomic E-state index is -1.26. The zero-order valence-corrected chi connectivity index (χ0v) is 8.97. The van der Waals surface area contributed by atoms with Gasteiger partial charge in [-0.2, -0.15) is 5.26 Å². The first-order valence-corrected chi connectivity index (χ1v) is 4.60. The zero-order chi connectivity index (χ0) is 12.8. The fourth-order valence-electron chi connectivity index (χ4n) is 1.11. The highest BCUT2D eigenvalue weighted by atomic mass is 16.4. The van der Waals surface area contributed by atoms with Gasteiger partial charge in [-0.1, -0.05) is 0 Å². The van der Waals surface area contributed by atoms with Crippen molar-refractivity contribution in [2.75, 3.05) is 0 Å². The van der Waals surface area contributed by atoms with Crippen molar-refractivity contribution in [3.63, 3.8) is 0 Å². The van der Waals surface area contributed by atoms with E-state index in [1.165, 1.54) is 31.5 Å². The lowest BCUT2D eigenvalue weighted by atomic mass is 10.2. The molecule has 1 heterocycles. The summed E-state index contributed by atoms with van der Waals surface area (Å²) in [6.07, 6.45) is 3.99. The van der Waals surface area contributed by atoms with Gasteiger partial charge in [0, 0.05) is 19.3 Å². The van der Waals surface area contributed by atoms with E-state index in [4.69, 9.17) is 10.4 Å². The molecule has 0 unspecified atom stereocenters. The number of carbonyl (C=O) groups excluding carboxylic acids is 1. The normalized spacial score (nSPS) is 10.5. The van der Waals surface area contributed by atoms with Gasteiger partial charge in [0.1, 0.15) is 11.8 Å². The zero-order valence-electron chi connectivity index (χ0n) is 8.97. The molecule has 0 radical (unpaired) electrons. The van der Waals surface area contributed by atoms with Crippen LogP contribution in [0.15, 0.2) is 24.2 Å². The summed E-state index contributed by atoms with van der Waals surface area (Å²) in [6, 6.07) is 3.35. The number of nitriles is 1. The maximum Gasteiger partial charge on any atom is 0.352 e. The lowest BCUT2D eigenvalue weighted by Crippen LogP contribution is -2.24. The van der Waals surface area contributed by atoms with Crippen molar-refractivity contribution < 1.29 is 14.7 Å². The van der Waals surface area contributed by atoms with Crippen LogP contribution in [0, 0.1) is 11.3 Å². The van der Waals surface area contributed by atoms with Crippen LogP contribution in [0.4, 0.5) is 0 Å². The first-order chi connectivity index (χ1) is 8.02. The van der Waals surface area contributed by atoms with Crippen LogP contribution in [0.3, 0.4) is 0 Å². The number of nitrogens with zero attached hydrogens (tertiary/aromatic N) is 2. The van der Waals surface area contributed by atoms with E-state index in [1.54, 1.807) is 0 Å². The van der Waals surface area contributed by atoms with E-state index in [9.17, 15) is 9.59 Å². The fraction of sp³-hybridized carbons (Fsp3) is 0.0909. The van der Waals surface area contributed by atoms with Crippen molar-refractivity contribution in [1.82, 2.24) is 10.3 Å². The number of hydrogen-bond acceptors (Lipinski definition) is 4. The molecule has 0 aliphatic carbocycles. The number of carboxylic acids is 1. The second kappa shape index (κ2) is 5.42. The van der Waals surface area contributed by atoms with Crippen LogP contribution in [0.5, 0.6) is 0 Å². The number of amides is 1. The molecular formula is C11H9N3O3. The van der Waals surface area contributed by atoms with Gasteiger partial charge in [-0.25, -0.2) is 4.79 Å². The molecule has 6 nitrogen and oxygen atoms in total. The number of carboxylic acid groups (broad SMARTS) is 1. The van der Waals surface area contributed by atoms with E-state index in [0.29, 0.717) is 11.1 Å². The Balaban J connectivity index is 3.08. The van der Waals surface area contributed by atoms with E-state index < -0.39 is 11.9 Å². The smallest absolute Gasteiger partial charge is 0.352 e. The Labute approximate surface area is 97.2 Å². The number of rotatable bonds is 3. The Hall–Kier alpha value is -2.68. The molecule has 0 saturated carbocycles. The van der Waals surface area contributed by atoms with E-state index in [2.05, 4.69) is 10.3 Å². The minimum Gasteiger partial charge on any atom is -0.477 e. The topological polar surface area (TPSA) is 103 Å². The van der Waals surface area contributed by atoms with Gasteiger partial charge in [0.2, 0.25) is 5.91 Å². The van der Waals surface area contributed by atoms with E-state index in [-0.39, 0.29) is 5.70 Å². The molecule has 0 bridgehead atoms. The van der Waals surface area contributed by atoms with Gasteiger partial charge in [-0.3, -0.25) is 9.78 Å². The van der Waals surface area contributed by atoms with Crippen molar-refractivity contribution in [2.45, 2.75) is 6.92 Å². The highest BCUT2D eigenvalue weighted by molar-refractivity contribution is 5.96. The molecule has 17 heavy (non-hydrogen) atoms. The quantitative estimate of drug-likeness (QED) is 0.738. The fourth-order valence-corrected chi connectivity index (χ4v) is 1.11. The third-order valence-electron chi connectivity index (χ3n) is 1.74. The van der Waals surface area contributed by atoms with Crippen molar-refractivity contribution in [3.05, 3.63) is 35.3 Å². The van der Waals surface area contributed by atoms with Gasteiger partial charge >= 0.3 is 5.97 Å². The molecule has 0 fully saturated rings. The van der Waals surface area contributed by atoms with Gasteiger partial charge in [0.05, 0.1) is 5.56 Å². The van der Waals surface area contributed by atoms with E-state index >= 15 is 0 Å². The second-order valence-electron chi connectivity index (χ2n) is 3.16. The second-order valence-corrected chi connectivity index (χ2v) is 3.16. The molecule has 0 saturated heterocycles. The molecule has 1 aromatic rings. The Morgan fingerprint density at radius 3 is 2.76 bits per heavy atom. The molecule has 1 amide bonds. The molecular weight excluding hydrogens is 222 g/mol. The van der Waals surface area contributed by atoms with Crippen molar-refractivity contribution in [1.29, 1.82) is 5.26 Å². The Bertz CT molecular complexity index is 529. The van der Waals surface area contributed by atoms with Crippen molar-refractivity contribution >= 4 is 18.0 Å². The average molecular weight is 231 g/mol. The Morgan fingerprint density at radius 1 is 1.53 bits per heavy atom. The van der Waals surface area contributed by atoms with Gasteiger partial charge in [0.15, 0.2) is 0 Å². The number of nitrogens with one attached hydrogen (secondary N) is 1. The predicted molar refractivity (Wildman–Crippen MR) is 58.4 cm³/mol. The molecule has 0 aliphatic rings. The van der Waals surface area contributed by atoms with Crippen LogP contribution in [0.1, 0.15) is 18.1 Å². The summed E-state index contributed by atoms with van der Waals surface area (Å²) >= 11 is 0. The highest BCUT2D eigenvalue weighted by Crippen LogP contribution is 2.06. The van der Waals surface area contributed by atoms with Gasteiger partial charge < -0.3 is 10.4 Å². The van der Waals surface area contributed by atoms with Crippen LogP contribution in [0.2, 0.25) is 0 Å². The third-order valence-corrected chi connectivity index (χ3v) is 1.74. The number of pyridine rings is 1. The highest BCUT2D eigenvalue weighted by Gasteiger charge is 2.08. The Kier molecular flexibility index (Phi) is 3.95. The summed E-state index contributed by atoms with van der Waals surface area (Å²) in [5, 5.41) is 19.7. The summed E-state index contributed by atoms with van der Waals surface area (Å²) in [5.74, 6) is -1.74. The standard InChI is InChI=1S/C11H9N3O3/c1-7(15)14-10(11(16)17)3-8-2-9(4-12)6-13-5-8/h2-3,5-6H,1H3,(H,14,15)(H,16,17)/b10-3+. The summed E-state index contributed by atoms with van der Waals surface area (Å²) in [4.78, 5) is 25.4. The lowest BCUT2D eigenvalue weighted by molar-refractivity contribution is -0.134. The van der Waals surface area contributed by atoms with E-state index in [0.717, 1.165) is 0 Å². The van der Waals surface area contributed by atoms with Crippen molar-refractivity contribution in [3.8, 4) is 6.07 Å². The minimum absolute atomic E-state index is 0.269. The van der Waals surface area contributed by atoms with Crippen LogP contribution in [-0.4, -0.2) is 22.0 Å². The molecule has 0 spiro atoms. The van der Waals surface area contributed by atoms with Gasteiger partial charge in [-0.05, 0) is 17.7 Å². The SMILES string of the molecule is CC(=O)N/C(=C/c1cncc(C#N)c1)C(=O)O. The molecule has 86 valence electrons. The van der Waals surface area contributed by atoms with Gasteiger partial charge in [0.25, 0.3) is 0 Å². The average Bonchev–Trinajstić information content (AvgIpc) is 2.27. The summed E-state index contributed by atoms with van der Waals surface area (Å²) in [7, 11) is 0. The number of carbonyl (C=O) groups is 2. The van der Waals surface area contributed by atoms with Crippen LogP contribution < -0.4 is 5.32 Å². The van der Waals surface area contributed by atoms with E-state index in [1.807, 2.05) is 6.07 Å². The first-order valence-electron chi connectivity index (χ1n) is 4.60. The maximum absolute atomic E-state index is 10.8. The first kappa shape index (κ1) is 12.4. The third kappa shape index (κ3) is 3.76. The molecule has 0 atom stereocenters. The van der Waals surface area contributed by atoms with Crippen LogP contribution in [0.25, 0.3) is 6.08 Å². The number of aromatic nitrogens is 1. The number of aliphatic carboxylic acids is 1. The summed E-state index contributed by atoms with van der Waals surface area (Å²) < 4.78 is 0. The molecule has 1 aromatic heterocycles.